The molecule has 5 nitrogen and oxygen atoms in total. The maximum Gasteiger partial charge on any atom is 0.226 e. The maximum absolute atomic E-state index is 12.0. The molecule has 5 heteroatoms. The largest absolute Gasteiger partial charge is 0.385 e. The van der Waals surface area contributed by atoms with Crippen LogP contribution >= 0.6 is 0 Å². The number of Topliss-reactive ketones (excluding diaryl/α,β-unsaturated/α-hetero) is 1. The number of ether oxygens (including phenoxy) is 2. The molecular weight excluding hydrogens is 342 g/mol. The molecule has 0 radical (unpaired) electrons. The SMILES string of the molecule is CCC(C)(CCOC)C(=O)NCCOC(C)C.CCCCCC(=O)C(C)C.[HH]. The summed E-state index contributed by atoms with van der Waals surface area (Å²) in [6.07, 6.45) is 6.02. The molecule has 0 rings (SSSR count). The zero-order valence-corrected chi connectivity index (χ0v) is 19.2. The molecule has 1 atom stereocenters. The molecule has 0 aromatic rings. The van der Waals surface area contributed by atoms with E-state index in [0.717, 1.165) is 25.7 Å². The molecule has 1 unspecified atom stereocenters. The van der Waals surface area contributed by atoms with Crippen molar-refractivity contribution in [1.29, 1.82) is 0 Å². The van der Waals surface area contributed by atoms with Crippen LogP contribution < -0.4 is 5.32 Å². The van der Waals surface area contributed by atoms with Crippen molar-refractivity contribution in [2.45, 2.75) is 93.1 Å². The second-order valence-corrected chi connectivity index (χ2v) is 7.91. The molecule has 0 heterocycles. The first-order valence-corrected chi connectivity index (χ1v) is 10.6. The number of unbranched alkanes of at least 4 members (excludes halogenated alkanes) is 2. The zero-order chi connectivity index (χ0) is 21.3. The molecule has 1 N–H and O–H groups in total. The Morgan fingerprint density at radius 2 is 1.70 bits per heavy atom. The number of hydrogen-bond acceptors (Lipinski definition) is 4. The number of methoxy groups -OCH3 is 1. The monoisotopic (exact) mass is 389 g/mol. The van der Waals surface area contributed by atoms with Gasteiger partial charge in [0.15, 0.2) is 0 Å². The van der Waals surface area contributed by atoms with Crippen molar-refractivity contribution in [2.24, 2.45) is 11.3 Å². The first-order chi connectivity index (χ1) is 12.6. The first kappa shape index (κ1) is 28.3. The van der Waals surface area contributed by atoms with Gasteiger partial charge in [-0.25, -0.2) is 0 Å². The van der Waals surface area contributed by atoms with Gasteiger partial charge >= 0.3 is 0 Å². The molecule has 0 saturated heterocycles. The van der Waals surface area contributed by atoms with Crippen LogP contribution in [0, 0.1) is 11.3 Å². The summed E-state index contributed by atoms with van der Waals surface area (Å²) in [5.41, 5.74) is -0.339. The van der Waals surface area contributed by atoms with Crippen molar-refractivity contribution in [3.8, 4) is 0 Å². The van der Waals surface area contributed by atoms with Crippen molar-refractivity contribution in [2.75, 3.05) is 26.9 Å². The molecule has 0 aromatic heterocycles. The highest BCUT2D eigenvalue weighted by molar-refractivity contribution is 5.82. The van der Waals surface area contributed by atoms with E-state index in [2.05, 4.69) is 12.2 Å². The third kappa shape index (κ3) is 15.8. The molecule has 1 amide bonds. The number of amides is 1. The fourth-order valence-electron chi connectivity index (χ4n) is 2.29. The Morgan fingerprint density at radius 3 is 2.15 bits per heavy atom. The summed E-state index contributed by atoms with van der Waals surface area (Å²) in [6.45, 7) is 15.8. The zero-order valence-electron chi connectivity index (χ0n) is 19.2. The highest BCUT2D eigenvalue weighted by Gasteiger charge is 2.30. The fraction of sp³-hybridized carbons (Fsp3) is 0.909. The Hall–Kier alpha value is -0.940. The van der Waals surface area contributed by atoms with Gasteiger partial charge in [-0.1, -0.05) is 47.5 Å². The highest BCUT2D eigenvalue weighted by atomic mass is 16.5. The fourth-order valence-corrected chi connectivity index (χ4v) is 2.29. The third-order valence-corrected chi connectivity index (χ3v) is 4.70. The molecule has 0 aliphatic rings. The van der Waals surface area contributed by atoms with Crippen molar-refractivity contribution < 1.29 is 20.5 Å². The van der Waals surface area contributed by atoms with Crippen molar-refractivity contribution in [1.82, 2.24) is 5.32 Å². The number of hydrogen-bond donors (Lipinski definition) is 1. The van der Waals surface area contributed by atoms with Crippen molar-refractivity contribution in [3.63, 3.8) is 0 Å². The minimum Gasteiger partial charge on any atom is -0.385 e. The van der Waals surface area contributed by atoms with Gasteiger partial charge in [0.1, 0.15) is 5.78 Å². The van der Waals surface area contributed by atoms with Crippen LogP contribution in [-0.2, 0) is 19.1 Å². The summed E-state index contributed by atoms with van der Waals surface area (Å²) >= 11 is 0. The van der Waals surface area contributed by atoms with E-state index in [1.807, 2.05) is 41.5 Å². The molecule has 164 valence electrons. The van der Waals surface area contributed by atoms with E-state index in [0.29, 0.717) is 25.5 Å². The predicted octanol–water partition coefficient (Wildman–Crippen LogP) is 5.02. The normalized spacial score (nSPS) is 13.1. The lowest BCUT2D eigenvalue weighted by molar-refractivity contribution is -0.131. The van der Waals surface area contributed by atoms with Crippen LogP contribution in [0.4, 0.5) is 0 Å². The number of ketones is 1. The van der Waals surface area contributed by atoms with Crippen LogP contribution in [0.2, 0.25) is 0 Å². The average molecular weight is 390 g/mol. The quantitative estimate of drug-likeness (QED) is 0.424. The average Bonchev–Trinajstić information content (AvgIpc) is 2.63. The first-order valence-electron chi connectivity index (χ1n) is 10.6. The van der Waals surface area contributed by atoms with Crippen LogP contribution in [0.15, 0.2) is 0 Å². The number of carbonyl (C=O) groups excluding carboxylic acids is 2. The lowest BCUT2D eigenvalue weighted by Gasteiger charge is -2.26. The van der Waals surface area contributed by atoms with Gasteiger partial charge < -0.3 is 14.8 Å². The molecule has 0 spiro atoms. The van der Waals surface area contributed by atoms with Gasteiger partial charge in [0.2, 0.25) is 5.91 Å². The summed E-state index contributed by atoms with van der Waals surface area (Å²) in [7, 11) is 1.66. The van der Waals surface area contributed by atoms with Gasteiger partial charge in [-0.2, -0.15) is 0 Å². The van der Waals surface area contributed by atoms with Crippen LogP contribution in [-0.4, -0.2) is 44.7 Å². The van der Waals surface area contributed by atoms with E-state index in [1.54, 1.807) is 7.11 Å². The molecule has 0 saturated carbocycles. The van der Waals surface area contributed by atoms with Gasteiger partial charge in [0.05, 0.1) is 12.7 Å². The van der Waals surface area contributed by atoms with Crippen molar-refractivity contribution in [3.05, 3.63) is 0 Å². The Bertz CT molecular complexity index is 389. The number of carbonyl (C=O) groups is 2. The van der Waals surface area contributed by atoms with Crippen LogP contribution in [0.5, 0.6) is 0 Å². The molecule has 0 bridgehead atoms. The van der Waals surface area contributed by atoms with E-state index >= 15 is 0 Å². The molecule has 0 aliphatic carbocycles. The Balaban J connectivity index is -0.000000489. The smallest absolute Gasteiger partial charge is 0.226 e. The van der Waals surface area contributed by atoms with E-state index in [9.17, 15) is 9.59 Å². The standard InChI is InChI=1S/C13H27NO3.C9H18O.H2/c1-6-13(4,7-9-16-5)12(15)14-8-10-17-11(2)3;1-4-5-6-7-9(10)8(2)3;/h11H,6-10H2,1-5H3,(H,14,15);8H,4-7H2,1-3H3;1H. The van der Waals surface area contributed by atoms with Crippen molar-refractivity contribution >= 4 is 11.7 Å². The number of nitrogens with one attached hydrogen (secondary N) is 1. The van der Waals surface area contributed by atoms with E-state index in [4.69, 9.17) is 9.47 Å². The summed E-state index contributed by atoms with van der Waals surface area (Å²) in [4.78, 5) is 23.0. The molecule has 0 fully saturated rings. The van der Waals surface area contributed by atoms with Crippen LogP contribution in [0.25, 0.3) is 0 Å². The van der Waals surface area contributed by atoms with Gasteiger partial charge in [-0.15, -0.1) is 0 Å². The molecule has 27 heavy (non-hydrogen) atoms. The van der Waals surface area contributed by atoms with E-state index < -0.39 is 0 Å². The minimum atomic E-state index is -0.339. The summed E-state index contributed by atoms with van der Waals surface area (Å²) in [5.74, 6) is 0.731. The van der Waals surface area contributed by atoms with Crippen LogP contribution in [0.1, 0.15) is 88.4 Å². The van der Waals surface area contributed by atoms with Gasteiger partial charge in [0, 0.05) is 39.4 Å². The van der Waals surface area contributed by atoms with Gasteiger partial charge in [0.25, 0.3) is 0 Å². The summed E-state index contributed by atoms with van der Waals surface area (Å²) < 4.78 is 10.4. The Morgan fingerprint density at radius 1 is 1.07 bits per heavy atom. The molecule has 0 aliphatic heterocycles. The second kappa shape index (κ2) is 17.2. The summed E-state index contributed by atoms with van der Waals surface area (Å²) in [6, 6.07) is 0. The van der Waals surface area contributed by atoms with Crippen LogP contribution in [0.3, 0.4) is 0 Å². The lowest BCUT2D eigenvalue weighted by atomic mass is 9.83. The van der Waals surface area contributed by atoms with Gasteiger partial charge in [-0.3, -0.25) is 9.59 Å². The minimum absolute atomic E-state index is 0. The summed E-state index contributed by atoms with van der Waals surface area (Å²) in [5, 5.41) is 2.92. The lowest BCUT2D eigenvalue weighted by Crippen LogP contribution is -2.40. The Kier molecular flexibility index (Phi) is 18.0. The maximum atomic E-state index is 12.0. The number of rotatable bonds is 14. The Labute approximate surface area is 169 Å². The second-order valence-electron chi connectivity index (χ2n) is 7.91. The predicted molar refractivity (Wildman–Crippen MR) is 115 cm³/mol. The third-order valence-electron chi connectivity index (χ3n) is 4.70. The molecular formula is C22H47NO4. The highest BCUT2D eigenvalue weighted by Crippen LogP contribution is 2.25. The van der Waals surface area contributed by atoms with E-state index in [1.165, 1.54) is 12.8 Å². The topological polar surface area (TPSA) is 64.6 Å². The van der Waals surface area contributed by atoms with Gasteiger partial charge in [-0.05, 0) is 33.1 Å². The van der Waals surface area contributed by atoms with E-state index in [-0.39, 0.29) is 24.8 Å². The molecule has 0 aromatic carbocycles.